The van der Waals surface area contributed by atoms with Gasteiger partial charge in [-0.2, -0.15) is 0 Å². The van der Waals surface area contributed by atoms with Crippen LogP contribution in [0.25, 0.3) is 0 Å². The average molecular weight is 464 g/mol. The van der Waals surface area contributed by atoms with Gasteiger partial charge in [0.1, 0.15) is 17.2 Å². The van der Waals surface area contributed by atoms with Crippen molar-refractivity contribution in [2.24, 2.45) is 0 Å². The fourth-order valence-electron chi connectivity index (χ4n) is 3.32. The largest absolute Gasteiger partial charge is 0.497 e. The molecule has 176 valence electrons. The number of rotatable bonds is 9. The Labute approximate surface area is 196 Å². The monoisotopic (exact) mass is 464 g/mol. The number of benzene rings is 3. The quantitative estimate of drug-likeness (QED) is 0.284. The highest BCUT2D eigenvalue weighted by Crippen LogP contribution is 2.29. The Balaban J connectivity index is 1.84. The van der Waals surface area contributed by atoms with Gasteiger partial charge >= 0.3 is 5.97 Å². The van der Waals surface area contributed by atoms with Gasteiger partial charge in [-0.1, -0.05) is 42.5 Å². The fraction of sp³-hybridized carbons (Fsp3) is 0.200. The molecule has 0 radical (unpaired) electrons. The van der Waals surface area contributed by atoms with Gasteiger partial charge in [0, 0.05) is 23.3 Å². The average Bonchev–Trinajstić information content (AvgIpc) is 2.84. The van der Waals surface area contributed by atoms with Crippen molar-refractivity contribution in [3.8, 4) is 11.5 Å². The van der Waals surface area contributed by atoms with Crippen LogP contribution in [0.5, 0.6) is 11.5 Å². The first kappa shape index (κ1) is 24.2. The summed E-state index contributed by atoms with van der Waals surface area (Å²) in [7, 11) is 2.99. The number of amides is 1. The maximum atomic E-state index is 13.1. The van der Waals surface area contributed by atoms with E-state index in [1.807, 2.05) is 0 Å². The third kappa shape index (κ3) is 5.89. The molecule has 0 heterocycles. The minimum atomic E-state index is -1.32. The highest BCUT2D eigenvalue weighted by atomic mass is 16.6. The fourth-order valence-corrected chi connectivity index (χ4v) is 3.32. The zero-order valence-electron chi connectivity index (χ0n) is 18.9. The molecule has 1 amide bonds. The molecule has 34 heavy (non-hydrogen) atoms. The van der Waals surface area contributed by atoms with E-state index in [9.17, 15) is 19.7 Å². The van der Waals surface area contributed by atoms with E-state index in [1.165, 1.54) is 26.4 Å². The molecule has 1 N–H and O–H groups in total. The molecule has 3 rings (SSSR count). The van der Waals surface area contributed by atoms with E-state index in [0.29, 0.717) is 28.2 Å². The maximum absolute atomic E-state index is 13.1. The number of carbonyl (C=O) groups is 2. The van der Waals surface area contributed by atoms with E-state index in [4.69, 9.17) is 14.2 Å². The molecular formula is C25H24N2O7. The number of nitro benzene ring substituents is 1. The lowest BCUT2D eigenvalue weighted by Gasteiger charge is -2.19. The van der Waals surface area contributed by atoms with Crippen molar-refractivity contribution in [2.75, 3.05) is 19.5 Å². The van der Waals surface area contributed by atoms with Crippen molar-refractivity contribution in [1.29, 1.82) is 0 Å². The highest BCUT2D eigenvalue weighted by molar-refractivity contribution is 5.98. The molecule has 0 aliphatic heterocycles. The molecule has 3 aromatic rings. The van der Waals surface area contributed by atoms with Gasteiger partial charge in [0.15, 0.2) is 0 Å². The standard InChI is InChI=1S/C25H24N2O7/c1-16-9-12-20(21(13-16)27(30)31)26-25(29)24(17-7-5-4-6-8-17)34-23(28)14-18-10-11-19(32-2)15-22(18)33-3/h4-13,15,24H,14H2,1-3H3,(H,26,29). The first-order chi connectivity index (χ1) is 16.3. The molecule has 0 saturated heterocycles. The normalized spacial score (nSPS) is 11.3. The number of carbonyl (C=O) groups excluding carboxylic acids is 2. The molecule has 1 atom stereocenters. The summed E-state index contributed by atoms with van der Waals surface area (Å²) in [4.78, 5) is 36.8. The molecule has 1 unspecified atom stereocenters. The lowest BCUT2D eigenvalue weighted by Crippen LogP contribution is -2.27. The number of hydrogen-bond acceptors (Lipinski definition) is 7. The number of nitrogens with one attached hydrogen (secondary N) is 1. The van der Waals surface area contributed by atoms with Gasteiger partial charge in [0.25, 0.3) is 11.6 Å². The highest BCUT2D eigenvalue weighted by Gasteiger charge is 2.27. The number of hydrogen-bond donors (Lipinski definition) is 1. The third-order valence-electron chi connectivity index (χ3n) is 5.03. The number of ether oxygens (including phenoxy) is 3. The van der Waals surface area contributed by atoms with Crippen LogP contribution in [0.15, 0.2) is 66.7 Å². The molecule has 0 aliphatic rings. The number of aryl methyl sites for hydroxylation is 1. The summed E-state index contributed by atoms with van der Waals surface area (Å²) < 4.78 is 16.0. The Bertz CT molecular complexity index is 1200. The first-order valence-corrected chi connectivity index (χ1v) is 10.3. The van der Waals surface area contributed by atoms with E-state index < -0.39 is 22.9 Å². The van der Waals surface area contributed by atoms with Crippen LogP contribution in [-0.2, 0) is 20.7 Å². The lowest BCUT2D eigenvalue weighted by atomic mass is 10.1. The molecule has 9 heteroatoms. The summed E-state index contributed by atoms with van der Waals surface area (Å²) in [6.07, 6.45) is -1.48. The number of esters is 1. The van der Waals surface area contributed by atoms with Crippen molar-refractivity contribution < 1.29 is 28.7 Å². The SMILES string of the molecule is COc1ccc(CC(=O)OC(C(=O)Nc2ccc(C)cc2[N+](=O)[O-])c2ccccc2)c(OC)c1. The number of nitrogens with zero attached hydrogens (tertiary/aromatic N) is 1. The first-order valence-electron chi connectivity index (χ1n) is 10.3. The summed E-state index contributed by atoms with van der Waals surface area (Å²) in [5, 5.41) is 14.0. The number of methoxy groups -OCH3 is 2. The second-order valence-corrected chi connectivity index (χ2v) is 7.40. The Morgan fingerprint density at radius 2 is 1.74 bits per heavy atom. The number of nitro groups is 1. The van der Waals surface area contributed by atoms with Crippen molar-refractivity contribution in [1.82, 2.24) is 0 Å². The molecule has 9 nitrogen and oxygen atoms in total. The minimum Gasteiger partial charge on any atom is -0.497 e. The van der Waals surface area contributed by atoms with Crippen molar-refractivity contribution in [3.63, 3.8) is 0 Å². The molecule has 0 bridgehead atoms. The molecule has 3 aromatic carbocycles. The zero-order valence-corrected chi connectivity index (χ0v) is 18.9. The second kappa shape index (κ2) is 11.0. The molecule has 0 aliphatic carbocycles. The van der Waals surface area contributed by atoms with Crippen LogP contribution in [0.3, 0.4) is 0 Å². The van der Waals surface area contributed by atoms with Gasteiger partial charge in [-0.3, -0.25) is 19.7 Å². The second-order valence-electron chi connectivity index (χ2n) is 7.40. The summed E-state index contributed by atoms with van der Waals surface area (Å²) in [5.41, 5.74) is 1.40. The predicted molar refractivity (Wildman–Crippen MR) is 125 cm³/mol. The Kier molecular flexibility index (Phi) is 7.81. The van der Waals surface area contributed by atoms with Gasteiger partial charge in [0.05, 0.1) is 25.6 Å². The minimum absolute atomic E-state index is 0.00871. The summed E-state index contributed by atoms with van der Waals surface area (Å²) >= 11 is 0. The van der Waals surface area contributed by atoms with E-state index in [-0.39, 0.29) is 17.8 Å². The van der Waals surface area contributed by atoms with Crippen LogP contribution in [0, 0.1) is 17.0 Å². The van der Waals surface area contributed by atoms with E-state index in [2.05, 4.69) is 5.32 Å². The van der Waals surface area contributed by atoms with Crippen LogP contribution >= 0.6 is 0 Å². The van der Waals surface area contributed by atoms with Crippen molar-refractivity contribution >= 4 is 23.3 Å². The smallest absolute Gasteiger partial charge is 0.311 e. The van der Waals surface area contributed by atoms with Crippen LogP contribution in [-0.4, -0.2) is 31.0 Å². The van der Waals surface area contributed by atoms with Gasteiger partial charge in [-0.25, -0.2) is 0 Å². The molecule has 0 spiro atoms. The third-order valence-corrected chi connectivity index (χ3v) is 5.03. The Morgan fingerprint density at radius 1 is 1.00 bits per heavy atom. The van der Waals surface area contributed by atoms with Crippen LogP contribution in [0.1, 0.15) is 22.8 Å². The predicted octanol–water partition coefficient (Wildman–Crippen LogP) is 4.39. The molecule has 0 aromatic heterocycles. The Morgan fingerprint density at radius 3 is 2.38 bits per heavy atom. The summed E-state index contributed by atoms with van der Waals surface area (Å²) in [6.45, 7) is 1.71. The molecule has 0 saturated carbocycles. The van der Waals surface area contributed by atoms with E-state index in [0.717, 1.165) is 0 Å². The number of anilines is 1. The van der Waals surface area contributed by atoms with Crippen molar-refractivity contribution in [3.05, 3.63) is 93.5 Å². The molecule has 0 fully saturated rings. The Hall–Kier alpha value is -4.40. The van der Waals surface area contributed by atoms with Crippen molar-refractivity contribution in [2.45, 2.75) is 19.4 Å². The van der Waals surface area contributed by atoms with Gasteiger partial charge in [-0.05, 0) is 24.6 Å². The summed E-state index contributed by atoms with van der Waals surface area (Å²) in [5.74, 6) is -0.387. The van der Waals surface area contributed by atoms with E-state index >= 15 is 0 Å². The van der Waals surface area contributed by atoms with Crippen LogP contribution < -0.4 is 14.8 Å². The summed E-state index contributed by atoms with van der Waals surface area (Å²) in [6, 6.07) is 17.9. The van der Waals surface area contributed by atoms with Gasteiger partial charge < -0.3 is 19.5 Å². The van der Waals surface area contributed by atoms with Gasteiger partial charge in [-0.15, -0.1) is 0 Å². The topological polar surface area (TPSA) is 117 Å². The molecular weight excluding hydrogens is 440 g/mol. The van der Waals surface area contributed by atoms with Crippen LogP contribution in [0.4, 0.5) is 11.4 Å². The van der Waals surface area contributed by atoms with Gasteiger partial charge in [0.2, 0.25) is 6.10 Å². The maximum Gasteiger partial charge on any atom is 0.311 e. The van der Waals surface area contributed by atoms with E-state index in [1.54, 1.807) is 61.5 Å². The van der Waals surface area contributed by atoms with Crippen LogP contribution in [0.2, 0.25) is 0 Å². The zero-order chi connectivity index (χ0) is 24.7. The lowest BCUT2D eigenvalue weighted by molar-refractivity contribution is -0.384.